The van der Waals surface area contributed by atoms with Crippen LogP contribution in [0.2, 0.25) is 0 Å². The molecule has 1 saturated heterocycles. The summed E-state index contributed by atoms with van der Waals surface area (Å²) in [6.45, 7) is 5.33. The van der Waals surface area contributed by atoms with E-state index in [1.54, 1.807) is 37.6 Å². The Morgan fingerprint density at radius 2 is 1.83 bits per heavy atom. The third-order valence-electron chi connectivity index (χ3n) is 5.39. The molecule has 0 saturated carbocycles. The predicted molar refractivity (Wildman–Crippen MR) is 113 cm³/mol. The van der Waals surface area contributed by atoms with Crippen LogP contribution in [0.25, 0.3) is 0 Å². The Kier molecular flexibility index (Phi) is 6.67. The number of carbonyl (C=O) groups is 1. The first kappa shape index (κ1) is 22.1. The zero-order chi connectivity index (χ0) is 21.9. The fraction of sp³-hybridized carbons (Fsp3) is 0.500. The van der Waals surface area contributed by atoms with E-state index >= 15 is 0 Å². The second-order valence-corrected chi connectivity index (χ2v) is 9.25. The maximum absolute atomic E-state index is 13.2. The van der Waals surface area contributed by atoms with Crippen molar-refractivity contribution in [1.29, 1.82) is 0 Å². The van der Waals surface area contributed by atoms with Crippen LogP contribution in [0.5, 0.6) is 5.75 Å². The van der Waals surface area contributed by atoms with Gasteiger partial charge >= 0.3 is 6.03 Å². The third-order valence-corrected chi connectivity index (χ3v) is 7.54. The summed E-state index contributed by atoms with van der Waals surface area (Å²) in [5, 5.41) is 7.14. The van der Waals surface area contributed by atoms with Gasteiger partial charge in [0.25, 0.3) is 0 Å². The van der Waals surface area contributed by atoms with Crippen LogP contribution in [-0.2, 0) is 23.6 Å². The molecule has 10 heteroatoms. The lowest BCUT2D eigenvalue weighted by Crippen LogP contribution is -2.42. The molecule has 0 bridgehead atoms. The van der Waals surface area contributed by atoms with E-state index in [-0.39, 0.29) is 17.5 Å². The summed E-state index contributed by atoms with van der Waals surface area (Å²) in [7, 11) is -0.315. The van der Waals surface area contributed by atoms with Gasteiger partial charge in [-0.05, 0) is 38.0 Å². The van der Waals surface area contributed by atoms with Gasteiger partial charge in [-0.15, -0.1) is 0 Å². The second-order valence-electron chi connectivity index (χ2n) is 7.38. The fourth-order valence-corrected chi connectivity index (χ4v) is 5.50. The SMILES string of the molecule is COc1ccc(CNC(=O)N2CCCN(S(=O)(=O)c3c(C)nn(C)c3C)CC2)cc1. The number of hydrogen-bond acceptors (Lipinski definition) is 5. The average molecular weight is 436 g/mol. The number of hydrogen-bond donors (Lipinski definition) is 1. The van der Waals surface area contributed by atoms with Crippen LogP contribution >= 0.6 is 0 Å². The van der Waals surface area contributed by atoms with Crippen LogP contribution in [0.1, 0.15) is 23.4 Å². The number of ether oxygens (including phenoxy) is 1. The van der Waals surface area contributed by atoms with Gasteiger partial charge in [-0.1, -0.05) is 12.1 Å². The summed E-state index contributed by atoms with van der Waals surface area (Å²) in [4.78, 5) is 14.5. The van der Waals surface area contributed by atoms with Crippen molar-refractivity contribution in [3.63, 3.8) is 0 Å². The van der Waals surface area contributed by atoms with E-state index in [1.165, 1.54) is 4.31 Å². The topological polar surface area (TPSA) is 96.8 Å². The Morgan fingerprint density at radius 1 is 1.13 bits per heavy atom. The van der Waals surface area contributed by atoms with Crippen molar-refractivity contribution in [1.82, 2.24) is 24.3 Å². The molecule has 164 valence electrons. The van der Waals surface area contributed by atoms with Crippen molar-refractivity contribution in [3.05, 3.63) is 41.2 Å². The molecular formula is C20H29N5O4S. The molecule has 2 amide bonds. The number of nitrogens with one attached hydrogen (secondary N) is 1. The summed E-state index contributed by atoms with van der Waals surface area (Å²) >= 11 is 0. The number of urea groups is 1. The highest BCUT2D eigenvalue weighted by Gasteiger charge is 2.32. The molecule has 2 aromatic rings. The van der Waals surface area contributed by atoms with Crippen LogP contribution in [0.3, 0.4) is 0 Å². The van der Waals surface area contributed by atoms with Gasteiger partial charge in [0, 0.05) is 39.8 Å². The van der Waals surface area contributed by atoms with E-state index in [1.807, 2.05) is 24.3 Å². The minimum absolute atomic E-state index is 0.196. The second kappa shape index (κ2) is 9.05. The van der Waals surface area contributed by atoms with Gasteiger partial charge in [-0.3, -0.25) is 4.68 Å². The predicted octanol–water partition coefficient (Wildman–Crippen LogP) is 1.65. The maximum atomic E-state index is 13.2. The molecule has 1 aliphatic rings. The Morgan fingerprint density at radius 3 is 2.43 bits per heavy atom. The Labute approximate surface area is 177 Å². The monoisotopic (exact) mass is 435 g/mol. The van der Waals surface area contributed by atoms with E-state index in [9.17, 15) is 13.2 Å². The third kappa shape index (κ3) is 4.59. The van der Waals surface area contributed by atoms with Gasteiger partial charge in [0.2, 0.25) is 10.0 Å². The normalized spacial score (nSPS) is 15.7. The molecule has 3 rings (SSSR count). The number of aromatic nitrogens is 2. The highest BCUT2D eigenvalue weighted by Crippen LogP contribution is 2.24. The average Bonchev–Trinajstić information content (AvgIpc) is 2.90. The van der Waals surface area contributed by atoms with Gasteiger partial charge in [-0.2, -0.15) is 9.40 Å². The van der Waals surface area contributed by atoms with Crippen molar-refractivity contribution in [2.45, 2.75) is 31.7 Å². The minimum Gasteiger partial charge on any atom is -0.497 e. The number of sulfonamides is 1. The molecular weight excluding hydrogens is 406 g/mol. The number of methoxy groups -OCH3 is 1. The van der Waals surface area contributed by atoms with Gasteiger partial charge in [0.1, 0.15) is 10.6 Å². The summed E-state index contributed by atoms with van der Waals surface area (Å²) in [5.41, 5.74) is 2.07. The molecule has 0 spiro atoms. The standard InChI is InChI=1S/C20H29N5O4S/c1-15-19(16(2)23(3)22-15)30(27,28)25-11-5-10-24(12-13-25)20(26)21-14-17-6-8-18(29-4)9-7-17/h6-9H,5,10-14H2,1-4H3,(H,21,26). The molecule has 1 fully saturated rings. The molecule has 9 nitrogen and oxygen atoms in total. The van der Waals surface area contributed by atoms with Crippen molar-refractivity contribution >= 4 is 16.1 Å². The molecule has 2 heterocycles. The molecule has 30 heavy (non-hydrogen) atoms. The fourth-order valence-electron chi connectivity index (χ4n) is 3.63. The van der Waals surface area contributed by atoms with E-state index in [2.05, 4.69) is 10.4 Å². The van der Waals surface area contributed by atoms with Crippen LogP contribution in [0.15, 0.2) is 29.2 Å². The van der Waals surface area contributed by atoms with Crippen LogP contribution in [-0.4, -0.2) is 66.7 Å². The van der Waals surface area contributed by atoms with Crippen LogP contribution < -0.4 is 10.1 Å². The first-order valence-electron chi connectivity index (χ1n) is 9.90. The largest absolute Gasteiger partial charge is 0.497 e. The molecule has 0 unspecified atom stereocenters. The highest BCUT2D eigenvalue weighted by molar-refractivity contribution is 7.89. The van der Waals surface area contributed by atoms with E-state index < -0.39 is 10.0 Å². The summed E-state index contributed by atoms with van der Waals surface area (Å²) in [5.74, 6) is 0.762. The van der Waals surface area contributed by atoms with Crippen molar-refractivity contribution in [2.24, 2.45) is 7.05 Å². The number of carbonyl (C=O) groups excluding carboxylic acids is 1. The number of amides is 2. The molecule has 0 radical (unpaired) electrons. The first-order valence-corrected chi connectivity index (χ1v) is 11.3. The summed E-state index contributed by atoms with van der Waals surface area (Å²) < 4.78 is 34.5. The van der Waals surface area contributed by atoms with Gasteiger partial charge in [0.15, 0.2) is 0 Å². The molecule has 0 aliphatic carbocycles. The summed E-state index contributed by atoms with van der Waals surface area (Å²) in [6, 6.07) is 7.29. The molecule has 0 atom stereocenters. The lowest BCUT2D eigenvalue weighted by atomic mass is 10.2. The lowest BCUT2D eigenvalue weighted by Gasteiger charge is -2.22. The summed E-state index contributed by atoms with van der Waals surface area (Å²) in [6.07, 6.45) is 0.577. The Balaban J connectivity index is 1.61. The zero-order valence-corrected chi connectivity index (χ0v) is 18.7. The van der Waals surface area contributed by atoms with Gasteiger partial charge in [-0.25, -0.2) is 13.2 Å². The Bertz CT molecular complexity index is 1000. The van der Waals surface area contributed by atoms with E-state index in [0.29, 0.717) is 44.0 Å². The molecule has 1 aromatic carbocycles. The number of benzene rings is 1. The van der Waals surface area contributed by atoms with Gasteiger partial charge < -0.3 is 15.0 Å². The van der Waals surface area contributed by atoms with Crippen LogP contribution in [0.4, 0.5) is 4.79 Å². The first-order chi connectivity index (χ1) is 14.2. The van der Waals surface area contributed by atoms with Crippen molar-refractivity contribution < 1.29 is 17.9 Å². The lowest BCUT2D eigenvalue weighted by molar-refractivity contribution is 0.200. The molecule has 1 aromatic heterocycles. The highest BCUT2D eigenvalue weighted by atomic mass is 32.2. The van der Waals surface area contributed by atoms with Crippen molar-refractivity contribution in [2.75, 3.05) is 33.3 Å². The number of rotatable bonds is 5. The van der Waals surface area contributed by atoms with Crippen molar-refractivity contribution in [3.8, 4) is 5.75 Å². The smallest absolute Gasteiger partial charge is 0.317 e. The molecule has 1 aliphatic heterocycles. The van der Waals surface area contributed by atoms with Crippen LogP contribution in [0, 0.1) is 13.8 Å². The minimum atomic E-state index is -3.66. The number of nitrogens with zero attached hydrogens (tertiary/aromatic N) is 4. The Hall–Kier alpha value is -2.59. The zero-order valence-electron chi connectivity index (χ0n) is 17.9. The van der Waals surface area contributed by atoms with Gasteiger partial charge in [0.05, 0.1) is 18.5 Å². The number of aryl methyl sites for hydroxylation is 2. The van der Waals surface area contributed by atoms with E-state index in [0.717, 1.165) is 11.3 Å². The maximum Gasteiger partial charge on any atom is 0.317 e. The quantitative estimate of drug-likeness (QED) is 0.770. The molecule has 1 N–H and O–H groups in total. The van der Waals surface area contributed by atoms with E-state index in [4.69, 9.17) is 4.74 Å².